The maximum absolute atomic E-state index is 10.9. The van der Waals surface area contributed by atoms with Crippen LogP contribution in [0.2, 0.25) is 0 Å². The average Bonchev–Trinajstić information content (AvgIpc) is 1.97. The minimum atomic E-state index is -1.78. The number of ether oxygens (including phenoxy) is 1. The normalized spacial score (nSPS) is 36.1. The summed E-state index contributed by atoms with van der Waals surface area (Å²) in [4.78, 5) is 10.9. The molecule has 1 aliphatic heterocycles. The van der Waals surface area contributed by atoms with E-state index in [1.165, 1.54) is 0 Å². The Bertz CT molecular complexity index is 244. The van der Waals surface area contributed by atoms with E-state index in [0.29, 0.717) is 0 Å². The topological polar surface area (TPSA) is 66.8 Å². The molecule has 1 unspecified atom stereocenters. The van der Waals surface area contributed by atoms with Gasteiger partial charge in [0.15, 0.2) is 5.60 Å². The van der Waals surface area contributed by atoms with Crippen molar-refractivity contribution in [2.75, 3.05) is 0 Å². The number of aliphatic carboxylic acids is 1. The van der Waals surface area contributed by atoms with Crippen LogP contribution in [0, 0.1) is 0 Å². The van der Waals surface area contributed by atoms with E-state index < -0.39 is 22.8 Å². The molecular weight excluding hydrogens is 172 g/mol. The van der Waals surface area contributed by atoms with Crippen LogP contribution in [0.4, 0.5) is 0 Å². The third kappa shape index (κ3) is 1.44. The standard InChI is InChI=1S/C9H16O4/c1-7(2)5-9(12,6(10)11)8(3,4)13-7/h12H,5H2,1-4H3,(H,10,11). The smallest absolute Gasteiger partial charge is 0.338 e. The third-order valence-electron chi connectivity index (χ3n) is 2.56. The van der Waals surface area contributed by atoms with Crippen molar-refractivity contribution in [1.82, 2.24) is 0 Å². The molecule has 0 amide bonds. The zero-order valence-electron chi connectivity index (χ0n) is 8.42. The lowest BCUT2D eigenvalue weighted by Gasteiger charge is -2.30. The van der Waals surface area contributed by atoms with Gasteiger partial charge >= 0.3 is 5.97 Å². The van der Waals surface area contributed by atoms with Crippen molar-refractivity contribution in [2.24, 2.45) is 0 Å². The van der Waals surface area contributed by atoms with E-state index in [0.717, 1.165) is 0 Å². The van der Waals surface area contributed by atoms with Gasteiger partial charge in [0.2, 0.25) is 0 Å². The second kappa shape index (κ2) is 2.45. The van der Waals surface area contributed by atoms with Crippen molar-refractivity contribution < 1.29 is 19.7 Å². The molecule has 1 aliphatic rings. The predicted octanol–water partition coefficient (Wildman–Crippen LogP) is 0.780. The molecule has 1 fully saturated rings. The van der Waals surface area contributed by atoms with Crippen LogP contribution in [-0.2, 0) is 9.53 Å². The van der Waals surface area contributed by atoms with Crippen LogP contribution in [-0.4, -0.2) is 33.0 Å². The molecule has 76 valence electrons. The highest BCUT2D eigenvalue weighted by atomic mass is 16.6. The average molecular weight is 188 g/mol. The first-order valence-electron chi connectivity index (χ1n) is 4.27. The van der Waals surface area contributed by atoms with Gasteiger partial charge in [0, 0.05) is 6.42 Å². The molecule has 0 aromatic rings. The van der Waals surface area contributed by atoms with E-state index in [-0.39, 0.29) is 6.42 Å². The summed E-state index contributed by atoms with van der Waals surface area (Å²) in [6.07, 6.45) is 0.113. The van der Waals surface area contributed by atoms with E-state index >= 15 is 0 Å². The number of hydrogen-bond donors (Lipinski definition) is 2. The fourth-order valence-corrected chi connectivity index (χ4v) is 1.97. The molecule has 4 heteroatoms. The molecule has 0 radical (unpaired) electrons. The summed E-state index contributed by atoms with van der Waals surface area (Å²) in [6, 6.07) is 0. The van der Waals surface area contributed by atoms with E-state index in [1.807, 2.05) is 0 Å². The van der Waals surface area contributed by atoms with Gasteiger partial charge in [-0.25, -0.2) is 4.79 Å². The molecule has 0 aromatic carbocycles. The number of hydrogen-bond acceptors (Lipinski definition) is 3. The summed E-state index contributed by atoms with van der Waals surface area (Å²) >= 11 is 0. The van der Waals surface area contributed by atoms with Crippen molar-refractivity contribution in [3.63, 3.8) is 0 Å². The van der Waals surface area contributed by atoms with Gasteiger partial charge in [-0.2, -0.15) is 0 Å². The number of carboxylic acids is 1. The summed E-state index contributed by atoms with van der Waals surface area (Å²) < 4.78 is 5.48. The van der Waals surface area contributed by atoms with Crippen molar-refractivity contribution in [3.05, 3.63) is 0 Å². The summed E-state index contributed by atoms with van der Waals surface area (Å²) in [5, 5.41) is 18.8. The Balaban J connectivity index is 3.07. The van der Waals surface area contributed by atoms with Gasteiger partial charge in [-0.05, 0) is 27.7 Å². The highest BCUT2D eigenvalue weighted by Crippen LogP contribution is 2.44. The van der Waals surface area contributed by atoms with Crippen LogP contribution in [0.5, 0.6) is 0 Å². The van der Waals surface area contributed by atoms with Crippen molar-refractivity contribution >= 4 is 5.97 Å². The van der Waals surface area contributed by atoms with Gasteiger partial charge in [0.05, 0.1) is 5.60 Å². The molecule has 1 rings (SSSR count). The lowest BCUT2D eigenvalue weighted by molar-refractivity contribution is -0.177. The fraction of sp³-hybridized carbons (Fsp3) is 0.889. The SMILES string of the molecule is CC1(C)CC(O)(C(=O)O)C(C)(C)O1. The van der Waals surface area contributed by atoms with Gasteiger partial charge < -0.3 is 14.9 Å². The second-order valence-electron chi connectivity index (χ2n) is 4.71. The Morgan fingerprint density at radius 2 is 1.77 bits per heavy atom. The van der Waals surface area contributed by atoms with Gasteiger partial charge in [-0.3, -0.25) is 0 Å². The van der Waals surface area contributed by atoms with E-state index in [1.54, 1.807) is 27.7 Å². The molecule has 13 heavy (non-hydrogen) atoms. The maximum atomic E-state index is 10.9. The number of carboxylic acid groups (broad SMARTS) is 1. The van der Waals surface area contributed by atoms with Crippen LogP contribution in [0.15, 0.2) is 0 Å². The zero-order chi connectivity index (χ0) is 10.5. The first-order chi connectivity index (χ1) is 5.61. The summed E-state index contributed by atoms with van der Waals surface area (Å²) in [6.45, 7) is 6.73. The molecule has 0 bridgehead atoms. The van der Waals surface area contributed by atoms with E-state index in [2.05, 4.69) is 0 Å². The molecule has 1 saturated heterocycles. The Kier molecular flexibility index (Phi) is 1.98. The first-order valence-corrected chi connectivity index (χ1v) is 4.27. The summed E-state index contributed by atoms with van der Waals surface area (Å²) in [5.41, 5.74) is -3.41. The van der Waals surface area contributed by atoms with Gasteiger partial charge in [-0.1, -0.05) is 0 Å². The molecule has 1 atom stereocenters. The highest BCUT2D eigenvalue weighted by Gasteiger charge is 2.61. The maximum Gasteiger partial charge on any atom is 0.338 e. The van der Waals surface area contributed by atoms with Gasteiger partial charge in [0.25, 0.3) is 0 Å². The van der Waals surface area contributed by atoms with Crippen molar-refractivity contribution in [3.8, 4) is 0 Å². The van der Waals surface area contributed by atoms with E-state index in [9.17, 15) is 9.90 Å². The molecule has 0 saturated carbocycles. The number of carbonyl (C=O) groups is 1. The fourth-order valence-electron chi connectivity index (χ4n) is 1.97. The monoisotopic (exact) mass is 188 g/mol. The summed E-state index contributed by atoms with van der Waals surface area (Å²) in [5.74, 6) is -1.22. The van der Waals surface area contributed by atoms with Crippen LogP contribution >= 0.6 is 0 Å². The minimum absolute atomic E-state index is 0.113. The minimum Gasteiger partial charge on any atom is -0.479 e. The van der Waals surface area contributed by atoms with Crippen LogP contribution in [0.25, 0.3) is 0 Å². The van der Waals surface area contributed by atoms with Crippen LogP contribution in [0.1, 0.15) is 34.1 Å². The molecule has 2 N–H and O–H groups in total. The van der Waals surface area contributed by atoms with Crippen LogP contribution in [0.3, 0.4) is 0 Å². The largest absolute Gasteiger partial charge is 0.479 e. The molecule has 1 heterocycles. The number of aliphatic hydroxyl groups is 1. The first kappa shape index (κ1) is 10.5. The van der Waals surface area contributed by atoms with Gasteiger partial charge in [0.1, 0.15) is 5.60 Å². The Morgan fingerprint density at radius 3 is 1.92 bits per heavy atom. The quantitative estimate of drug-likeness (QED) is 0.638. The van der Waals surface area contributed by atoms with Crippen molar-refractivity contribution in [1.29, 1.82) is 0 Å². The molecule has 4 nitrogen and oxygen atoms in total. The highest BCUT2D eigenvalue weighted by molar-refractivity contribution is 5.79. The number of rotatable bonds is 1. The van der Waals surface area contributed by atoms with Gasteiger partial charge in [-0.15, -0.1) is 0 Å². The Labute approximate surface area is 77.5 Å². The second-order valence-corrected chi connectivity index (χ2v) is 4.71. The van der Waals surface area contributed by atoms with Crippen molar-refractivity contribution in [2.45, 2.75) is 50.9 Å². The lowest BCUT2D eigenvalue weighted by atomic mass is 9.82. The third-order valence-corrected chi connectivity index (χ3v) is 2.56. The lowest BCUT2D eigenvalue weighted by Crippen LogP contribution is -2.52. The molecule has 0 aliphatic carbocycles. The summed E-state index contributed by atoms with van der Waals surface area (Å²) in [7, 11) is 0. The molecule has 0 aromatic heterocycles. The zero-order valence-corrected chi connectivity index (χ0v) is 8.42. The van der Waals surface area contributed by atoms with E-state index in [4.69, 9.17) is 9.84 Å². The molecule has 0 spiro atoms. The Morgan fingerprint density at radius 1 is 1.31 bits per heavy atom. The van der Waals surface area contributed by atoms with Crippen LogP contribution < -0.4 is 0 Å². The Hall–Kier alpha value is -0.610. The molecular formula is C9H16O4. The predicted molar refractivity (Wildman–Crippen MR) is 46.4 cm³/mol.